The standard InChI is InChI=1S/C12H25N3O/c1-11(2)12(13)9-15(10-12)4-3-14-5-7-16-8-6-14/h11H,3-10,13H2,1-2H3. The lowest BCUT2D eigenvalue weighted by atomic mass is 9.80. The Balaban J connectivity index is 1.62. The van der Waals surface area contributed by atoms with E-state index >= 15 is 0 Å². The fraction of sp³-hybridized carbons (Fsp3) is 1.00. The molecular formula is C12H25N3O. The van der Waals surface area contributed by atoms with Crippen molar-refractivity contribution in [1.29, 1.82) is 0 Å². The van der Waals surface area contributed by atoms with E-state index in [1.54, 1.807) is 0 Å². The number of nitrogens with two attached hydrogens (primary N) is 1. The molecule has 2 fully saturated rings. The van der Waals surface area contributed by atoms with Crippen LogP contribution in [0.4, 0.5) is 0 Å². The highest BCUT2D eigenvalue weighted by atomic mass is 16.5. The van der Waals surface area contributed by atoms with Crippen LogP contribution >= 0.6 is 0 Å². The van der Waals surface area contributed by atoms with E-state index in [-0.39, 0.29) is 5.54 Å². The summed E-state index contributed by atoms with van der Waals surface area (Å²) in [7, 11) is 0. The molecule has 0 unspecified atom stereocenters. The molecule has 94 valence electrons. The molecular weight excluding hydrogens is 202 g/mol. The van der Waals surface area contributed by atoms with Gasteiger partial charge in [0, 0.05) is 44.8 Å². The second-order valence-corrected chi connectivity index (χ2v) is 5.55. The van der Waals surface area contributed by atoms with Crippen LogP contribution in [0.1, 0.15) is 13.8 Å². The number of hydrogen-bond donors (Lipinski definition) is 1. The van der Waals surface area contributed by atoms with Crippen LogP contribution in [0, 0.1) is 5.92 Å². The molecule has 0 aromatic rings. The van der Waals surface area contributed by atoms with Gasteiger partial charge in [0.15, 0.2) is 0 Å². The largest absolute Gasteiger partial charge is 0.379 e. The minimum Gasteiger partial charge on any atom is -0.379 e. The fourth-order valence-corrected chi connectivity index (χ4v) is 2.42. The van der Waals surface area contributed by atoms with Gasteiger partial charge < -0.3 is 10.5 Å². The van der Waals surface area contributed by atoms with E-state index in [2.05, 4.69) is 23.6 Å². The van der Waals surface area contributed by atoms with Gasteiger partial charge in [-0.1, -0.05) is 13.8 Å². The first-order valence-electron chi connectivity index (χ1n) is 6.41. The predicted molar refractivity (Wildman–Crippen MR) is 65.5 cm³/mol. The molecule has 0 amide bonds. The third-order valence-corrected chi connectivity index (χ3v) is 4.02. The summed E-state index contributed by atoms with van der Waals surface area (Å²) < 4.78 is 5.34. The first kappa shape index (κ1) is 12.3. The van der Waals surface area contributed by atoms with E-state index in [0.29, 0.717) is 5.92 Å². The Bertz CT molecular complexity index is 220. The highest BCUT2D eigenvalue weighted by molar-refractivity contribution is 5.01. The van der Waals surface area contributed by atoms with Crippen LogP contribution in [0.2, 0.25) is 0 Å². The predicted octanol–water partition coefficient (Wildman–Crippen LogP) is -0.0123. The third kappa shape index (κ3) is 2.74. The van der Waals surface area contributed by atoms with E-state index in [0.717, 1.165) is 52.5 Å². The van der Waals surface area contributed by atoms with Crippen LogP contribution in [0.5, 0.6) is 0 Å². The van der Waals surface area contributed by atoms with Gasteiger partial charge in [0.2, 0.25) is 0 Å². The third-order valence-electron chi connectivity index (χ3n) is 4.02. The molecule has 2 saturated heterocycles. The van der Waals surface area contributed by atoms with Crippen molar-refractivity contribution in [1.82, 2.24) is 9.80 Å². The lowest BCUT2D eigenvalue weighted by Gasteiger charge is -2.51. The zero-order valence-electron chi connectivity index (χ0n) is 10.6. The average molecular weight is 227 g/mol. The second kappa shape index (κ2) is 5.00. The topological polar surface area (TPSA) is 41.7 Å². The zero-order chi connectivity index (χ0) is 11.6. The minimum atomic E-state index is 0.0744. The Morgan fingerprint density at radius 2 is 1.69 bits per heavy atom. The number of hydrogen-bond acceptors (Lipinski definition) is 4. The molecule has 4 nitrogen and oxygen atoms in total. The molecule has 2 N–H and O–H groups in total. The van der Waals surface area contributed by atoms with Crippen molar-refractivity contribution in [2.45, 2.75) is 19.4 Å². The highest BCUT2D eigenvalue weighted by Crippen LogP contribution is 2.25. The van der Waals surface area contributed by atoms with Crippen LogP contribution in [0.15, 0.2) is 0 Å². The molecule has 0 aromatic carbocycles. The summed E-state index contributed by atoms with van der Waals surface area (Å²) in [4.78, 5) is 4.95. The van der Waals surface area contributed by atoms with Gasteiger partial charge in [0.25, 0.3) is 0 Å². The van der Waals surface area contributed by atoms with Crippen molar-refractivity contribution in [2.75, 3.05) is 52.5 Å². The Morgan fingerprint density at radius 3 is 2.25 bits per heavy atom. The molecule has 16 heavy (non-hydrogen) atoms. The fourth-order valence-electron chi connectivity index (χ4n) is 2.42. The molecule has 2 aliphatic rings. The van der Waals surface area contributed by atoms with Crippen molar-refractivity contribution in [2.24, 2.45) is 11.7 Å². The van der Waals surface area contributed by atoms with E-state index < -0.39 is 0 Å². The lowest BCUT2D eigenvalue weighted by molar-refractivity contribution is 0.00627. The van der Waals surface area contributed by atoms with Crippen LogP contribution < -0.4 is 5.73 Å². The molecule has 0 bridgehead atoms. The molecule has 4 heteroatoms. The van der Waals surface area contributed by atoms with E-state index in [9.17, 15) is 0 Å². The number of morpholine rings is 1. The molecule has 0 aromatic heterocycles. The van der Waals surface area contributed by atoms with Gasteiger partial charge >= 0.3 is 0 Å². The van der Waals surface area contributed by atoms with Gasteiger partial charge in [-0.3, -0.25) is 9.80 Å². The first-order chi connectivity index (χ1) is 7.60. The Morgan fingerprint density at radius 1 is 1.12 bits per heavy atom. The van der Waals surface area contributed by atoms with Crippen molar-refractivity contribution in [3.05, 3.63) is 0 Å². The average Bonchev–Trinajstić information content (AvgIpc) is 2.24. The summed E-state index contributed by atoms with van der Waals surface area (Å²) in [6.45, 7) is 12.9. The molecule has 2 heterocycles. The first-order valence-corrected chi connectivity index (χ1v) is 6.41. The van der Waals surface area contributed by atoms with Crippen molar-refractivity contribution < 1.29 is 4.74 Å². The van der Waals surface area contributed by atoms with E-state index in [1.165, 1.54) is 0 Å². The number of rotatable bonds is 4. The number of ether oxygens (including phenoxy) is 1. The van der Waals surface area contributed by atoms with Gasteiger partial charge in [-0.25, -0.2) is 0 Å². The van der Waals surface area contributed by atoms with Gasteiger partial charge in [-0.15, -0.1) is 0 Å². The van der Waals surface area contributed by atoms with Gasteiger partial charge in [-0.2, -0.15) is 0 Å². The van der Waals surface area contributed by atoms with Gasteiger partial charge in [0.1, 0.15) is 0 Å². The van der Waals surface area contributed by atoms with E-state index in [1.807, 2.05) is 0 Å². The summed E-state index contributed by atoms with van der Waals surface area (Å²) in [5, 5.41) is 0. The van der Waals surface area contributed by atoms with Crippen molar-refractivity contribution in [3.63, 3.8) is 0 Å². The normalized spacial score (nSPS) is 27.0. The van der Waals surface area contributed by atoms with Crippen LogP contribution in [-0.2, 0) is 4.74 Å². The van der Waals surface area contributed by atoms with E-state index in [4.69, 9.17) is 10.5 Å². The molecule has 0 aliphatic carbocycles. The molecule has 0 radical (unpaired) electrons. The van der Waals surface area contributed by atoms with Crippen LogP contribution in [0.3, 0.4) is 0 Å². The second-order valence-electron chi connectivity index (χ2n) is 5.55. The summed E-state index contributed by atoms with van der Waals surface area (Å²) in [5.41, 5.74) is 6.34. The minimum absolute atomic E-state index is 0.0744. The maximum absolute atomic E-state index is 6.27. The summed E-state index contributed by atoms with van der Waals surface area (Å²) in [5.74, 6) is 0.590. The Kier molecular flexibility index (Phi) is 3.85. The SMILES string of the molecule is CC(C)C1(N)CN(CCN2CCOCC2)C1. The van der Waals surface area contributed by atoms with Crippen molar-refractivity contribution in [3.8, 4) is 0 Å². The summed E-state index contributed by atoms with van der Waals surface area (Å²) >= 11 is 0. The molecule has 0 atom stereocenters. The summed E-state index contributed by atoms with van der Waals surface area (Å²) in [6.07, 6.45) is 0. The Hall–Kier alpha value is -0.160. The zero-order valence-corrected chi connectivity index (χ0v) is 10.6. The monoisotopic (exact) mass is 227 g/mol. The Labute approximate surface area is 98.7 Å². The lowest BCUT2D eigenvalue weighted by Crippen LogP contribution is -2.70. The van der Waals surface area contributed by atoms with Crippen molar-refractivity contribution >= 4 is 0 Å². The van der Waals surface area contributed by atoms with Crippen LogP contribution in [0.25, 0.3) is 0 Å². The van der Waals surface area contributed by atoms with Gasteiger partial charge in [-0.05, 0) is 5.92 Å². The molecule has 0 saturated carbocycles. The number of nitrogens with zero attached hydrogens (tertiary/aromatic N) is 2. The maximum Gasteiger partial charge on any atom is 0.0594 e. The maximum atomic E-state index is 6.27. The highest BCUT2D eigenvalue weighted by Gasteiger charge is 2.41. The molecule has 2 rings (SSSR count). The molecule has 2 aliphatic heterocycles. The van der Waals surface area contributed by atoms with Crippen LogP contribution in [-0.4, -0.2) is 67.8 Å². The quantitative estimate of drug-likeness (QED) is 0.733. The smallest absolute Gasteiger partial charge is 0.0594 e. The summed E-state index contributed by atoms with van der Waals surface area (Å²) in [6, 6.07) is 0. The molecule has 0 spiro atoms. The number of likely N-dealkylation sites (tertiary alicyclic amines) is 1. The van der Waals surface area contributed by atoms with Gasteiger partial charge in [0.05, 0.1) is 13.2 Å².